The van der Waals surface area contributed by atoms with Gasteiger partial charge in [0.05, 0.1) is 11.6 Å². The van der Waals surface area contributed by atoms with E-state index in [0.29, 0.717) is 49.3 Å². The van der Waals surface area contributed by atoms with Gasteiger partial charge in [-0.1, -0.05) is 20.8 Å². The zero-order chi connectivity index (χ0) is 31.1. The van der Waals surface area contributed by atoms with Crippen LogP contribution in [0.2, 0.25) is 0 Å². The lowest BCUT2D eigenvalue weighted by molar-refractivity contribution is -0.133. The number of nitrogens with one attached hydrogen (secondary N) is 1. The second-order valence-electron chi connectivity index (χ2n) is 13.4. The quantitative estimate of drug-likeness (QED) is 0.313. The first kappa shape index (κ1) is 29.2. The van der Waals surface area contributed by atoms with Gasteiger partial charge in [0.1, 0.15) is 11.4 Å². The van der Waals surface area contributed by atoms with Crippen molar-refractivity contribution in [2.75, 3.05) is 13.1 Å². The number of allylic oxidation sites excluding steroid dienone is 1. The van der Waals surface area contributed by atoms with Crippen molar-refractivity contribution in [1.29, 1.82) is 5.26 Å². The lowest BCUT2D eigenvalue weighted by Crippen LogP contribution is -2.51. The van der Waals surface area contributed by atoms with Crippen LogP contribution in [0.3, 0.4) is 0 Å². The number of benzene rings is 1. The molecule has 2 saturated heterocycles. The van der Waals surface area contributed by atoms with Crippen LogP contribution in [-0.2, 0) is 22.4 Å². The number of likely N-dealkylation sites (tertiary alicyclic amines) is 1. The summed E-state index contributed by atoms with van der Waals surface area (Å²) in [7, 11) is 0. The van der Waals surface area contributed by atoms with Crippen molar-refractivity contribution < 1.29 is 14.4 Å². The molecule has 6 rings (SSSR count). The number of carbonyl (C=O) groups is 3. The van der Waals surface area contributed by atoms with E-state index in [-0.39, 0.29) is 40.9 Å². The molecule has 224 valence electrons. The van der Waals surface area contributed by atoms with Gasteiger partial charge in [-0.15, -0.1) is 0 Å². The van der Waals surface area contributed by atoms with Crippen molar-refractivity contribution in [1.82, 2.24) is 25.1 Å². The topological polar surface area (TPSA) is 119 Å². The van der Waals surface area contributed by atoms with E-state index in [1.54, 1.807) is 54.0 Å². The molecule has 3 aromatic rings. The Morgan fingerprint density at radius 3 is 2.00 bits per heavy atom. The number of nitriles is 1. The monoisotopic (exact) mass is 588 g/mol. The molecule has 0 bridgehead atoms. The molecule has 2 unspecified atom stereocenters. The second kappa shape index (κ2) is 11.3. The van der Waals surface area contributed by atoms with E-state index in [2.05, 4.69) is 42.1 Å². The van der Waals surface area contributed by atoms with Crippen LogP contribution in [0.4, 0.5) is 0 Å². The van der Waals surface area contributed by atoms with E-state index in [9.17, 15) is 19.6 Å². The predicted octanol–water partition coefficient (Wildman–Crippen LogP) is 3.92. The highest BCUT2D eigenvalue weighted by Gasteiger charge is 2.65. The first-order valence-electron chi connectivity index (χ1n) is 15.0. The summed E-state index contributed by atoms with van der Waals surface area (Å²) in [5, 5.41) is 12.7. The van der Waals surface area contributed by atoms with E-state index >= 15 is 0 Å². The fourth-order valence-electron chi connectivity index (χ4n) is 6.66. The van der Waals surface area contributed by atoms with Gasteiger partial charge < -0.3 is 10.2 Å². The number of rotatable bonds is 8. The zero-order valence-electron chi connectivity index (χ0n) is 25.2. The van der Waals surface area contributed by atoms with Crippen LogP contribution >= 0.6 is 0 Å². The summed E-state index contributed by atoms with van der Waals surface area (Å²) in [6.45, 7) is 7.39. The van der Waals surface area contributed by atoms with Crippen LogP contribution in [0.15, 0.2) is 85.2 Å². The third-order valence-corrected chi connectivity index (χ3v) is 8.81. The smallest absolute Gasteiger partial charge is 0.254 e. The van der Waals surface area contributed by atoms with Crippen LogP contribution in [-0.4, -0.2) is 62.0 Å². The average molecular weight is 589 g/mol. The molecule has 2 aliphatic heterocycles. The molecule has 1 N–H and O–H groups in total. The van der Waals surface area contributed by atoms with Gasteiger partial charge in [0.2, 0.25) is 5.91 Å². The molecule has 44 heavy (non-hydrogen) atoms. The van der Waals surface area contributed by atoms with Crippen molar-refractivity contribution in [3.8, 4) is 6.07 Å². The molecule has 0 spiro atoms. The molecule has 9 heteroatoms. The molecular weight excluding hydrogens is 552 g/mol. The first-order valence-corrected chi connectivity index (χ1v) is 15.0. The number of amides is 2. The van der Waals surface area contributed by atoms with E-state index in [1.165, 1.54) is 6.08 Å². The molecule has 9 nitrogen and oxygen atoms in total. The maximum atomic E-state index is 14.7. The van der Waals surface area contributed by atoms with E-state index in [1.807, 2.05) is 29.2 Å². The Bertz CT molecular complexity index is 1590. The Morgan fingerprint density at radius 1 is 0.955 bits per heavy atom. The van der Waals surface area contributed by atoms with Gasteiger partial charge in [-0.2, -0.15) is 5.26 Å². The first-order chi connectivity index (χ1) is 21.1. The molecule has 4 heterocycles. The van der Waals surface area contributed by atoms with Crippen molar-refractivity contribution in [3.05, 3.63) is 107 Å². The highest BCUT2D eigenvalue weighted by Crippen LogP contribution is 2.52. The van der Waals surface area contributed by atoms with Gasteiger partial charge in [0, 0.05) is 86.7 Å². The Morgan fingerprint density at radius 2 is 1.50 bits per heavy atom. The van der Waals surface area contributed by atoms with E-state index in [0.717, 1.165) is 11.1 Å². The minimum absolute atomic E-state index is 0.0861. The summed E-state index contributed by atoms with van der Waals surface area (Å²) in [6, 6.07) is 16.1. The zero-order valence-corrected chi connectivity index (χ0v) is 25.2. The highest BCUT2D eigenvalue weighted by atomic mass is 16.2. The van der Waals surface area contributed by atoms with Crippen molar-refractivity contribution >= 4 is 17.6 Å². The number of aromatic nitrogens is 2. The molecule has 3 fully saturated rings. The molecule has 2 atom stereocenters. The van der Waals surface area contributed by atoms with Crippen LogP contribution in [0.1, 0.15) is 54.2 Å². The summed E-state index contributed by atoms with van der Waals surface area (Å²) < 4.78 is 0. The maximum Gasteiger partial charge on any atom is 0.254 e. The van der Waals surface area contributed by atoms with Crippen LogP contribution in [0.25, 0.3) is 0 Å². The lowest BCUT2D eigenvalue weighted by atomic mass is 9.85. The normalized spacial score (nSPS) is 22.8. The molecule has 1 aliphatic carbocycles. The largest absolute Gasteiger partial charge is 0.357 e. The molecule has 0 radical (unpaired) electrons. The third-order valence-electron chi connectivity index (χ3n) is 8.81. The minimum atomic E-state index is -1.04. The Kier molecular flexibility index (Phi) is 7.54. The summed E-state index contributed by atoms with van der Waals surface area (Å²) in [5.41, 5.74) is 1.66. The van der Waals surface area contributed by atoms with Gasteiger partial charge in [0.25, 0.3) is 5.91 Å². The fourth-order valence-corrected chi connectivity index (χ4v) is 6.66. The Hall–Kier alpha value is -4.84. The summed E-state index contributed by atoms with van der Waals surface area (Å²) in [4.78, 5) is 53.3. The third kappa shape index (κ3) is 5.85. The average Bonchev–Trinajstić information content (AvgIpc) is 3.33. The SMILES string of the molecule is CC(C)(C)CC(=O)N1CC2C(C1)C2N1C(=O)C(Cc2ccncc2)(Cc2ccncc2)N/C1=C\C(=O)c1ccc(C#N)cc1. The van der Waals surface area contributed by atoms with Crippen LogP contribution in [0.5, 0.6) is 0 Å². The van der Waals surface area contributed by atoms with Crippen LogP contribution in [0, 0.1) is 28.6 Å². The van der Waals surface area contributed by atoms with Gasteiger partial charge >= 0.3 is 0 Å². The van der Waals surface area contributed by atoms with Crippen molar-refractivity contribution in [2.45, 2.75) is 51.6 Å². The maximum absolute atomic E-state index is 14.7. The van der Waals surface area contributed by atoms with Crippen LogP contribution < -0.4 is 5.32 Å². The summed E-state index contributed by atoms with van der Waals surface area (Å²) >= 11 is 0. The van der Waals surface area contributed by atoms with Gasteiger partial charge in [0.15, 0.2) is 5.78 Å². The molecule has 2 amide bonds. The minimum Gasteiger partial charge on any atom is -0.357 e. The lowest BCUT2D eigenvalue weighted by Gasteiger charge is -2.29. The number of hydrogen-bond donors (Lipinski definition) is 1. The number of carbonyl (C=O) groups excluding carboxylic acids is 3. The standard InChI is InChI=1S/C35H36N6O3/c1-34(2,3)19-31(43)40-21-27-28(22-40)32(27)41-30(16-29(42)26-6-4-25(20-36)5-7-26)39-35(33(41)44,17-23-8-12-37-13-9-23)18-24-10-14-38-15-11-24/h4-16,27-28,32,39H,17-19,21-22H2,1-3H3/b30-16+. The molecule has 1 saturated carbocycles. The van der Waals surface area contributed by atoms with E-state index in [4.69, 9.17) is 0 Å². The molecular formula is C35H36N6O3. The highest BCUT2D eigenvalue weighted by molar-refractivity contribution is 6.06. The van der Waals surface area contributed by atoms with Crippen molar-refractivity contribution in [2.24, 2.45) is 17.3 Å². The number of nitrogens with zero attached hydrogens (tertiary/aromatic N) is 5. The van der Waals surface area contributed by atoms with Crippen molar-refractivity contribution in [3.63, 3.8) is 0 Å². The van der Waals surface area contributed by atoms with Gasteiger partial charge in [-0.05, 0) is 65.1 Å². The number of pyridine rings is 2. The number of ketones is 1. The Balaban J connectivity index is 1.34. The second-order valence-corrected chi connectivity index (χ2v) is 13.4. The summed E-state index contributed by atoms with van der Waals surface area (Å²) in [5.74, 6) is 0.569. The molecule has 1 aromatic carbocycles. The number of fused-ring (bicyclic) bond motifs is 1. The number of piperidine rings is 1. The summed E-state index contributed by atoms with van der Waals surface area (Å²) in [6.07, 6.45) is 9.64. The number of hydrogen-bond acceptors (Lipinski definition) is 7. The molecule has 3 aliphatic rings. The van der Waals surface area contributed by atoms with E-state index < -0.39 is 5.54 Å². The fraction of sp³-hybridized carbons (Fsp3) is 0.371. The Labute approximate surface area is 257 Å². The predicted molar refractivity (Wildman–Crippen MR) is 164 cm³/mol. The van der Waals surface area contributed by atoms with Gasteiger partial charge in [-0.3, -0.25) is 29.3 Å². The molecule has 2 aromatic heterocycles. The van der Waals surface area contributed by atoms with Gasteiger partial charge in [-0.25, -0.2) is 0 Å².